The Hall–Kier alpha value is -0.650. The Balaban J connectivity index is 1.78. The van der Waals surface area contributed by atoms with Gasteiger partial charge < -0.3 is 15.0 Å². The molecule has 1 aromatic heterocycles. The van der Waals surface area contributed by atoms with E-state index in [0.717, 1.165) is 44.4 Å². The minimum atomic E-state index is 0.751. The first-order chi connectivity index (χ1) is 8.79. The second kappa shape index (κ2) is 7.07. The van der Waals surface area contributed by atoms with Crippen LogP contribution >= 0.6 is 11.3 Å². The average molecular weight is 269 g/mol. The van der Waals surface area contributed by atoms with Crippen molar-refractivity contribution < 1.29 is 4.74 Å². The molecule has 2 rings (SSSR count). The molecule has 0 unspecified atom stereocenters. The van der Waals surface area contributed by atoms with Gasteiger partial charge in [0.25, 0.3) is 0 Å². The van der Waals surface area contributed by atoms with Gasteiger partial charge in [-0.15, -0.1) is 11.3 Å². The lowest BCUT2D eigenvalue weighted by atomic mass is 10.00. The Bertz CT molecular complexity index is 348. The van der Waals surface area contributed by atoms with Crippen molar-refractivity contribution in [2.75, 3.05) is 38.3 Å². The molecule has 1 aromatic rings. The highest BCUT2D eigenvalue weighted by Gasteiger charge is 2.18. The zero-order chi connectivity index (χ0) is 12.8. The Morgan fingerprint density at radius 2 is 2.28 bits per heavy atom. The molecule has 1 N–H and O–H groups in total. The molecule has 0 saturated carbocycles. The van der Waals surface area contributed by atoms with E-state index in [1.54, 1.807) is 18.4 Å². The van der Waals surface area contributed by atoms with Crippen LogP contribution in [0.15, 0.2) is 5.38 Å². The molecule has 0 bridgehead atoms. The summed E-state index contributed by atoms with van der Waals surface area (Å²) in [5.74, 6) is 0.872. The van der Waals surface area contributed by atoms with Gasteiger partial charge in [-0.1, -0.05) is 6.92 Å². The van der Waals surface area contributed by atoms with Crippen LogP contribution in [0.3, 0.4) is 0 Å². The molecule has 0 aliphatic carbocycles. The first kappa shape index (κ1) is 13.8. The van der Waals surface area contributed by atoms with E-state index in [1.165, 1.54) is 18.0 Å². The summed E-state index contributed by atoms with van der Waals surface area (Å²) in [7, 11) is 1.72. The van der Waals surface area contributed by atoms with Gasteiger partial charge in [0.2, 0.25) is 0 Å². The molecule has 4 nitrogen and oxygen atoms in total. The zero-order valence-electron chi connectivity index (χ0n) is 11.3. The highest BCUT2D eigenvalue weighted by Crippen LogP contribution is 2.25. The topological polar surface area (TPSA) is 37.4 Å². The number of rotatable bonds is 6. The number of nitrogens with one attached hydrogen (secondary N) is 1. The zero-order valence-corrected chi connectivity index (χ0v) is 12.1. The number of methoxy groups -OCH3 is 1. The van der Waals surface area contributed by atoms with Crippen molar-refractivity contribution in [2.45, 2.75) is 26.3 Å². The normalized spacial score (nSPS) is 17.3. The highest BCUT2D eigenvalue weighted by atomic mass is 32.1. The van der Waals surface area contributed by atoms with Crippen molar-refractivity contribution in [3.05, 3.63) is 11.1 Å². The summed E-state index contributed by atoms with van der Waals surface area (Å²) < 4.78 is 5.00. The summed E-state index contributed by atoms with van der Waals surface area (Å²) in [5, 5.41) is 6.67. The van der Waals surface area contributed by atoms with Crippen LogP contribution in [-0.2, 0) is 11.3 Å². The van der Waals surface area contributed by atoms with Crippen molar-refractivity contribution in [1.29, 1.82) is 0 Å². The van der Waals surface area contributed by atoms with E-state index in [4.69, 9.17) is 9.72 Å². The number of hydrogen-bond donors (Lipinski definition) is 1. The van der Waals surface area contributed by atoms with E-state index >= 15 is 0 Å². The summed E-state index contributed by atoms with van der Waals surface area (Å²) >= 11 is 1.76. The quantitative estimate of drug-likeness (QED) is 0.803. The predicted octanol–water partition coefficient (Wildman–Crippen LogP) is 2.12. The van der Waals surface area contributed by atoms with E-state index in [1.807, 2.05) is 0 Å². The molecule has 0 amide bonds. The van der Waals surface area contributed by atoms with Crippen LogP contribution in [0.4, 0.5) is 5.13 Å². The maximum absolute atomic E-state index is 5.00. The summed E-state index contributed by atoms with van der Waals surface area (Å²) in [6.07, 6.45) is 2.59. The first-order valence-electron chi connectivity index (χ1n) is 6.68. The minimum absolute atomic E-state index is 0.751. The molecule has 1 aliphatic rings. The van der Waals surface area contributed by atoms with Crippen LogP contribution in [0, 0.1) is 5.92 Å². The number of anilines is 1. The Morgan fingerprint density at radius 1 is 1.50 bits per heavy atom. The molecule has 1 saturated heterocycles. The van der Waals surface area contributed by atoms with Gasteiger partial charge in [-0.3, -0.25) is 0 Å². The fraction of sp³-hybridized carbons (Fsp3) is 0.769. The second-order valence-electron chi connectivity index (χ2n) is 4.96. The lowest BCUT2D eigenvalue weighted by molar-refractivity contribution is 0.199. The maximum atomic E-state index is 5.00. The fourth-order valence-corrected chi connectivity index (χ4v) is 2.99. The SMILES string of the molecule is COCCNCc1csc(N2CCC(C)CC2)n1. The highest BCUT2D eigenvalue weighted by molar-refractivity contribution is 7.13. The van der Waals surface area contributed by atoms with Crippen LogP contribution in [-0.4, -0.2) is 38.3 Å². The first-order valence-corrected chi connectivity index (χ1v) is 7.56. The number of thiazole rings is 1. The van der Waals surface area contributed by atoms with Crippen LogP contribution in [0.25, 0.3) is 0 Å². The van der Waals surface area contributed by atoms with Gasteiger partial charge in [0.15, 0.2) is 5.13 Å². The van der Waals surface area contributed by atoms with Crippen LogP contribution in [0.1, 0.15) is 25.5 Å². The average Bonchev–Trinajstić information content (AvgIpc) is 2.84. The van der Waals surface area contributed by atoms with Gasteiger partial charge >= 0.3 is 0 Å². The molecule has 0 spiro atoms. The standard InChI is InChI=1S/C13H23N3OS/c1-11-3-6-16(7-4-11)13-15-12(10-18-13)9-14-5-8-17-2/h10-11,14H,3-9H2,1-2H3. The molecule has 2 heterocycles. The number of nitrogens with zero attached hydrogens (tertiary/aromatic N) is 2. The summed E-state index contributed by atoms with van der Waals surface area (Å²) in [6, 6.07) is 0. The lowest BCUT2D eigenvalue weighted by Crippen LogP contribution is -2.32. The third-order valence-electron chi connectivity index (χ3n) is 3.38. The van der Waals surface area contributed by atoms with E-state index in [2.05, 4.69) is 22.5 Å². The van der Waals surface area contributed by atoms with Crippen molar-refractivity contribution in [3.63, 3.8) is 0 Å². The van der Waals surface area contributed by atoms with Gasteiger partial charge in [-0.25, -0.2) is 4.98 Å². The molecular formula is C13H23N3OS. The molecule has 0 atom stereocenters. The molecule has 0 aromatic carbocycles. The van der Waals surface area contributed by atoms with Gasteiger partial charge in [0, 0.05) is 38.7 Å². The molecule has 18 heavy (non-hydrogen) atoms. The maximum Gasteiger partial charge on any atom is 0.185 e. The molecule has 0 radical (unpaired) electrons. The Morgan fingerprint density at radius 3 is 3.00 bits per heavy atom. The Kier molecular flexibility index (Phi) is 5.41. The summed E-state index contributed by atoms with van der Waals surface area (Å²) in [5.41, 5.74) is 1.14. The third-order valence-corrected chi connectivity index (χ3v) is 4.33. The number of piperidine rings is 1. The van der Waals surface area contributed by atoms with Gasteiger partial charge in [0.05, 0.1) is 12.3 Å². The van der Waals surface area contributed by atoms with Gasteiger partial charge in [0.1, 0.15) is 0 Å². The van der Waals surface area contributed by atoms with Crippen molar-refractivity contribution in [2.24, 2.45) is 5.92 Å². The molecular weight excluding hydrogens is 246 g/mol. The fourth-order valence-electron chi connectivity index (χ4n) is 2.11. The molecule has 1 aliphatic heterocycles. The smallest absolute Gasteiger partial charge is 0.185 e. The van der Waals surface area contributed by atoms with Crippen LogP contribution in [0.5, 0.6) is 0 Å². The van der Waals surface area contributed by atoms with Gasteiger partial charge in [-0.05, 0) is 18.8 Å². The number of ether oxygens (including phenoxy) is 1. The third kappa shape index (κ3) is 3.93. The Labute approximate surface area is 113 Å². The largest absolute Gasteiger partial charge is 0.383 e. The summed E-state index contributed by atoms with van der Waals surface area (Å²) in [4.78, 5) is 7.12. The molecule has 102 valence electrons. The van der Waals surface area contributed by atoms with E-state index in [-0.39, 0.29) is 0 Å². The number of hydrogen-bond acceptors (Lipinski definition) is 5. The van der Waals surface area contributed by atoms with Crippen molar-refractivity contribution in [1.82, 2.24) is 10.3 Å². The molecule has 5 heteroatoms. The van der Waals surface area contributed by atoms with Crippen LogP contribution < -0.4 is 10.2 Å². The van der Waals surface area contributed by atoms with E-state index in [9.17, 15) is 0 Å². The lowest BCUT2D eigenvalue weighted by Gasteiger charge is -2.29. The van der Waals surface area contributed by atoms with Gasteiger partial charge in [-0.2, -0.15) is 0 Å². The summed E-state index contributed by atoms with van der Waals surface area (Å²) in [6.45, 7) is 7.12. The van der Waals surface area contributed by atoms with Crippen LogP contribution in [0.2, 0.25) is 0 Å². The monoisotopic (exact) mass is 269 g/mol. The van der Waals surface area contributed by atoms with Crippen molar-refractivity contribution in [3.8, 4) is 0 Å². The predicted molar refractivity (Wildman–Crippen MR) is 76.3 cm³/mol. The molecule has 1 fully saturated rings. The van der Waals surface area contributed by atoms with E-state index in [0.29, 0.717) is 0 Å². The second-order valence-corrected chi connectivity index (χ2v) is 5.80. The van der Waals surface area contributed by atoms with E-state index < -0.39 is 0 Å². The van der Waals surface area contributed by atoms with Crippen molar-refractivity contribution >= 4 is 16.5 Å². The number of aromatic nitrogens is 1. The minimum Gasteiger partial charge on any atom is -0.383 e.